The quantitative estimate of drug-likeness (QED) is 0.336. The zero-order valence-corrected chi connectivity index (χ0v) is 7.71. The summed E-state index contributed by atoms with van der Waals surface area (Å²) < 4.78 is 0. The Labute approximate surface area is 76.3 Å². The normalized spacial score (nSPS) is 10.8. The van der Waals surface area contributed by atoms with Gasteiger partial charge in [0.05, 0.1) is 6.21 Å². The van der Waals surface area contributed by atoms with E-state index in [1.807, 2.05) is 24.3 Å². The molecule has 0 heterocycles. The van der Waals surface area contributed by atoms with Crippen LogP contribution in [0.5, 0.6) is 0 Å². The van der Waals surface area contributed by atoms with Crippen LogP contribution >= 0.6 is 11.8 Å². The van der Waals surface area contributed by atoms with Gasteiger partial charge in [-0.3, -0.25) is 0 Å². The van der Waals surface area contributed by atoms with Crippen molar-refractivity contribution in [3.8, 4) is 0 Å². The first-order valence-electron chi connectivity index (χ1n) is 3.77. The van der Waals surface area contributed by atoms with E-state index in [1.54, 1.807) is 11.8 Å². The van der Waals surface area contributed by atoms with E-state index in [1.165, 1.54) is 6.21 Å². The Balaban J connectivity index is 2.91. The highest BCUT2D eigenvalue weighted by atomic mass is 32.2. The molecular weight excluding hydrogens is 170 g/mol. The Morgan fingerprint density at radius 3 is 2.92 bits per heavy atom. The Morgan fingerprint density at radius 1 is 1.50 bits per heavy atom. The van der Waals surface area contributed by atoms with Crippen LogP contribution in [0.4, 0.5) is 0 Å². The van der Waals surface area contributed by atoms with Gasteiger partial charge in [0.25, 0.3) is 0 Å². The van der Waals surface area contributed by atoms with Gasteiger partial charge in [0.2, 0.25) is 0 Å². The van der Waals surface area contributed by atoms with Gasteiger partial charge < -0.3 is 5.21 Å². The summed E-state index contributed by atoms with van der Waals surface area (Å²) in [5, 5.41) is 11.4. The lowest BCUT2D eigenvalue weighted by molar-refractivity contribution is 0.322. The number of hydrogen-bond acceptors (Lipinski definition) is 3. The molecule has 0 spiro atoms. The molecule has 1 N–H and O–H groups in total. The zero-order valence-electron chi connectivity index (χ0n) is 6.90. The molecule has 1 aromatic rings. The predicted molar refractivity (Wildman–Crippen MR) is 52.2 cm³/mol. The highest BCUT2D eigenvalue weighted by Crippen LogP contribution is 2.20. The molecule has 0 saturated carbocycles. The van der Waals surface area contributed by atoms with Crippen LogP contribution in [0.2, 0.25) is 0 Å². The molecule has 0 aromatic heterocycles. The Bertz CT molecular complexity index is 273. The molecule has 0 unspecified atom stereocenters. The van der Waals surface area contributed by atoms with Gasteiger partial charge in [-0.1, -0.05) is 30.3 Å². The second kappa shape index (κ2) is 4.83. The average molecular weight is 181 g/mol. The minimum Gasteiger partial charge on any atom is -0.411 e. The fraction of sp³-hybridized carbons (Fsp3) is 0.222. The van der Waals surface area contributed by atoms with Gasteiger partial charge in [0.1, 0.15) is 0 Å². The summed E-state index contributed by atoms with van der Waals surface area (Å²) >= 11 is 1.74. The van der Waals surface area contributed by atoms with Crippen LogP contribution in [0.15, 0.2) is 34.3 Å². The number of nitrogens with zero attached hydrogens (tertiary/aromatic N) is 1. The summed E-state index contributed by atoms with van der Waals surface area (Å²) in [6.45, 7) is 2.09. The molecule has 12 heavy (non-hydrogen) atoms. The van der Waals surface area contributed by atoms with Crippen molar-refractivity contribution in [1.29, 1.82) is 0 Å². The van der Waals surface area contributed by atoms with Gasteiger partial charge in [-0.15, -0.1) is 11.8 Å². The fourth-order valence-electron chi connectivity index (χ4n) is 0.936. The molecular formula is C9H11NOS. The van der Waals surface area contributed by atoms with Crippen LogP contribution in [0, 0.1) is 0 Å². The summed E-state index contributed by atoms with van der Waals surface area (Å²) in [5.74, 6) is 1.02. The first kappa shape index (κ1) is 9.13. The third-order valence-corrected chi connectivity index (χ3v) is 2.39. The van der Waals surface area contributed by atoms with Crippen LogP contribution in [-0.2, 0) is 0 Å². The maximum Gasteiger partial charge on any atom is 0.0745 e. The Morgan fingerprint density at radius 2 is 2.25 bits per heavy atom. The Kier molecular flexibility index (Phi) is 3.67. The number of hydrogen-bond donors (Lipinski definition) is 1. The van der Waals surface area contributed by atoms with E-state index in [0.29, 0.717) is 0 Å². The standard InChI is InChI=1S/C9H11NOS/c1-2-12-9-6-4-3-5-8(9)7-10-11/h3-7,11H,2H2,1H3. The van der Waals surface area contributed by atoms with E-state index in [2.05, 4.69) is 12.1 Å². The van der Waals surface area contributed by atoms with Crippen LogP contribution in [-0.4, -0.2) is 17.2 Å². The van der Waals surface area contributed by atoms with Crippen molar-refractivity contribution in [2.45, 2.75) is 11.8 Å². The van der Waals surface area contributed by atoms with Crippen molar-refractivity contribution in [1.82, 2.24) is 0 Å². The molecule has 0 bridgehead atoms. The summed E-state index contributed by atoms with van der Waals surface area (Å²) in [5.41, 5.74) is 0.965. The molecule has 2 nitrogen and oxygen atoms in total. The molecule has 1 rings (SSSR count). The van der Waals surface area contributed by atoms with Gasteiger partial charge in [0, 0.05) is 10.5 Å². The molecule has 0 amide bonds. The number of benzene rings is 1. The minimum absolute atomic E-state index is 0.965. The monoisotopic (exact) mass is 181 g/mol. The predicted octanol–water partition coefficient (Wildman–Crippen LogP) is 2.61. The summed E-state index contributed by atoms with van der Waals surface area (Å²) in [6, 6.07) is 7.85. The van der Waals surface area contributed by atoms with Crippen molar-refractivity contribution in [3.63, 3.8) is 0 Å². The molecule has 0 saturated heterocycles. The van der Waals surface area contributed by atoms with E-state index in [-0.39, 0.29) is 0 Å². The molecule has 0 atom stereocenters. The fourth-order valence-corrected chi connectivity index (χ4v) is 1.71. The van der Waals surface area contributed by atoms with Crippen LogP contribution in [0.3, 0.4) is 0 Å². The Hall–Kier alpha value is -0.960. The van der Waals surface area contributed by atoms with Crippen LogP contribution in [0.1, 0.15) is 12.5 Å². The number of thioether (sulfide) groups is 1. The topological polar surface area (TPSA) is 32.6 Å². The summed E-state index contributed by atoms with van der Waals surface area (Å²) in [4.78, 5) is 1.15. The maximum atomic E-state index is 8.37. The van der Waals surface area contributed by atoms with Crippen molar-refractivity contribution >= 4 is 18.0 Å². The SMILES string of the molecule is CCSc1ccccc1C=NO. The highest BCUT2D eigenvalue weighted by molar-refractivity contribution is 7.99. The lowest BCUT2D eigenvalue weighted by Crippen LogP contribution is -1.85. The third kappa shape index (κ3) is 2.27. The van der Waals surface area contributed by atoms with Gasteiger partial charge in [-0.2, -0.15) is 0 Å². The molecule has 64 valence electrons. The van der Waals surface area contributed by atoms with E-state index in [4.69, 9.17) is 5.21 Å². The van der Waals surface area contributed by atoms with Gasteiger partial charge in [-0.25, -0.2) is 0 Å². The van der Waals surface area contributed by atoms with Crippen molar-refractivity contribution in [2.75, 3.05) is 5.75 Å². The first-order valence-corrected chi connectivity index (χ1v) is 4.76. The maximum absolute atomic E-state index is 8.37. The molecule has 0 aliphatic heterocycles. The summed E-state index contributed by atoms with van der Waals surface area (Å²) in [7, 11) is 0. The van der Waals surface area contributed by atoms with E-state index >= 15 is 0 Å². The van der Waals surface area contributed by atoms with E-state index in [0.717, 1.165) is 16.2 Å². The lowest BCUT2D eigenvalue weighted by atomic mass is 10.2. The minimum atomic E-state index is 0.965. The molecule has 0 fully saturated rings. The first-order chi connectivity index (χ1) is 5.88. The summed E-state index contributed by atoms with van der Waals surface area (Å²) in [6.07, 6.45) is 1.46. The molecule has 0 aliphatic carbocycles. The van der Waals surface area contributed by atoms with E-state index < -0.39 is 0 Å². The largest absolute Gasteiger partial charge is 0.411 e. The zero-order chi connectivity index (χ0) is 8.81. The molecule has 3 heteroatoms. The third-order valence-electron chi connectivity index (χ3n) is 1.42. The molecule has 0 aliphatic rings. The van der Waals surface area contributed by atoms with Crippen LogP contribution in [0.25, 0.3) is 0 Å². The second-order valence-corrected chi connectivity index (χ2v) is 3.52. The second-order valence-electron chi connectivity index (χ2n) is 2.22. The number of rotatable bonds is 3. The molecule has 0 radical (unpaired) electrons. The van der Waals surface area contributed by atoms with E-state index in [9.17, 15) is 0 Å². The van der Waals surface area contributed by atoms with Crippen LogP contribution < -0.4 is 0 Å². The lowest BCUT2D eigenvalue weighted by Gasteiger charge is -2.01. The average Bonchev–Trinajstić information content (AvgIpc) is 2.09. The van der Waals surface area contributed by atoms with Crippen molar-refractivity contribution in [2.24, 2.45) is 5.16 Å². The van der Waals surface area contributed by atoms with Gasteiger partial charge >= 0.3 is 0 Å². The van der Waals surface area contributed by atoms with Gasteiger partial charge in [0.15, 0.2) is 0 Å². The number of oxime groups is 1. The molecule has 1 aromatic carbocycles. The smallest absolute Gasteiger partial charge is 0.0745 e. The van der Waals surface area contributed by atoms with Gasteiger partial charge in [-0.05, 0) is 11.8 Å². The van der Waals surface area contributed by atoms with Crippen molar-refractivity contribution in [3.05, 3.63) is 29.8 Å². The van der Waals surface area contributed by atoms with Crippen molar-refractivity contribution < 1.29 is 5.21 Å². The highest BCUT2D eigenvalue weighted by Gasteiger charge is 1.97.